The van der Waals surface area contributed by atoms with Crippen molar-refractivity contribution in [1.82, 2.24) is 4.90 Å². The SMILES string of the molecule is O=C(Nc1cc(Cl)ccc1Oc1ccccc1)C1CC(=O)N(Cc2ccco2)C1. The average molecular weight is 411 g/mol. The third-order valence-electron chi connectivity index (χ3n) is 4.68. The predicted molar refractivity (Wildman–Crippen MR) is 109 cm³/mol. The Morgan fingerprint density at radius 1 is 1.17 bits per heavy atom. The van der Waals surface area contributed by atoms with Gasteiger partial charge >= 0.3 is 0 Å². The predicted octanol–water partition coefficient (Wildman–Crippen LogP) is 4.71. The van der Waals surface area contributed by atoms with E-state index >= 15 is 0 Å². The van der Waals surface area contributed by atoms with Crippen LogP contribution >= 0.6 is 11.6 Å². The third-order valence-corrected chi connectivity index (χ3v) is 4.92. The molecule has 4 rings (SSSR count). The van der Waals surface area contributed by atoms with Crippen LogP contribution in [0.25, 0.3) is 0 Å². The van der Waals surface area contributed by atoms with Crippen molar-refractivity contribution >= 4 is 29.1 Å². The number of rotatable bonds is 6. The second-order valence-electron chi connectivity index (χ2n) is 6.80. The van der Waals surface area contributed by atoms with E-state index in [4.69, 9.17) is 20.8 Å². The summed E-state index contributed by atoms with van der Waals surface area (Å²) in [5.74, 6) is 1.03. The van der Waals surface area contributed by atoms with E-state index in [0.717, 1.165) is 0 Å². The van der Waals surface area contributed by atoms with Crippen molar-refractivity contribution in [2.75, 3.05) is 11.9 Å². The molecule has 2 amide bonds. The minimum absolute atomic E-state index is 0.0756. The molecule has 148 valence electrons. The Labute approximate surface area is 173 Å². The number of amides is 2. The minimum Gasteiger partial charge on any atom is -0.467 e. The lowest BCUT2D eigenvalue weighted by molar-refractivity contribution is -0.128. The summed E-state index contributed by atoms with van der Waals surface area (Å²) >= 11 is 6.11. The number of hydrogen-bond acceptors (Lipinski definition) is 4. The number of nitrogens with zero attached hydrogens (tertiary/aromatic N) is 1. The van der Waals surface area contributed by atoms with Crippen molar-refractivity contribution in [1.29, 1.82) is 0 Å². The highest BCUT2D eigenvalue weighted by Crippen LogP contribution is 2.33. The van der Waals surface area contributed by atoms with Gasteiger partial charge in [-0.25, -0.2) is 0 Å². The van der Waals surface area contributed by atoms with Gasteiger partial charge < -0.3 is 19.4 Å². The van der Waals surface area contributed by atoms with Crippen LogP contribution in [0.4, 0.5) is 5.69 Å². The molecule has 1 N–H and O–H groups in total. The fourth-order valence-electron chi connectivity index (χ4n) is 3.23. The van der Waals surface area contributed by atoms with Crippen molar-refractivity contribution < 1.29 is 18.7 Å². The number of anilines is 1. The van der Waals surface area contributed by atoms with E-state index in [2.05, 4.69) is 5.32 Å². The molecule has 1 aliphatic heterocycles. The number of ether oxygens (including phenoxy) is 1. The Balaban J connectivity index is 1.45. The number of nitrogens with one attached hydrogen (secondary N) is 1. The second kappa shape index (κ2) is 8.41. The molecule has 0 aliphatic carbocycles. The van der Waals surface area contributed by atoms with Crippen molar-refractivity contribution in [2.24, 2.45) is 5.92 Å². The normalized spacial score (nSPS) is 16.1. The van der Waals surface area contributed by atoms with E-state index in [1.165, 1.54) is 0 Å². The fraction of sp³-hybridized carbons (Fsp3) is 0.182. The standard InChI is InChI=1S/C22H19ClN2O4/c23-16-8-9-20(29-17-5-2-1-3-6-17)19(12-16)24-22(27)15-11-21(26)25(13-15)14-18-7-4-10-28-18/h1-10,12,15H,11,13-14H2,(H,24,27). The topological polar surface area (TPSA) is 71.8 Å². The largest absolute Gasteiger partial charge is 0.467 e. The average Bonchev–Trinajstić information content (AvgIpc) is 3.35. The molecule has 1 aliphatic rings. The molecular formula is C22H19ClN2O4. The molecule has 0 bridgehead atoms. The number of likely N-dealkylation sites (tertiary alicyclic amines) is 1. The molecule has 0 radical (unpaired) electrons. The van der Waals surface area contributed by atoms with Crippen LogP contribution in [0, 0.1) is 5.92 Å². The van der Waals surface area contributed by atoms with Gasteiger partial charge in [-0.2, -0.15) is 0 Å². The number of carbonyl (C=O) groups excluding carboxylic acids is 2. The third kappa shape index (κ3) is 4.60. The molecular weight excluding hydrogens is 392 g/mol. The molecule has 7 heteroatoms. The molecule has 1 saturated heterocycles. The Bertz CT molecular complexity index is 1000. The molecule has 1 atom stereocenters. The highest BCUT2D eigenvalue weighted by Gasteiger charge is 2.35. The number of benzene rings is 2. The summed E-state index contributed by atoms with van der Waals surface area (Å²) in [5, 5.41) is 3.34. The molecule has 1 unspecified atom stereocenters. The molecule has 1 fully saturated rings. The van der Waals surface area contributed by atoms with E-state index < -0.39 is 5.92 Å². The van der Waals surface area contributed by atoms with Gasteiger partial charge in [0.15, 0.2) is 5.75 Å². The van der Waals surface area contributed by atoms with E-state index in [-0.39, 0.29) is 18.2 Å². The Morgan fingerprint density at radius 3 is 2.76 bits per heavy atom. The van der Waals surface area contributed by atoms with Crippen LogP contribution in [-0.4, -0.2) is 23.3 Å². The maximum atomic E-state index is 12.8. The Kier molecular flexibility index (Phi) is 5.53. The van der Waals surface area contributed by atoms with Crippen molar-refractivity contribution in [3.8, 4) is 11.5 Å². The number of hydrogen-bond donors (Lipinski definition) is 1. The number of carbonyl (C=O) groups is 2. The van der Waals surface area contributed by atoms with Gasteiger partial charge in [0.2, 0.25) is 11.8 Å². The summed E-state index contributed by atoms with van der Waals surface area (Å²) in [6, 6.07) is 17.9. The Morgan fingerprint density at radius 2 is 2.00 bits per heavy atom. The second-order valence-corrected chi connectivity index (χ2v) is 7.24. The zero-order chi connectivity index (χ0) is 20.2. The zero-order valence-corrected chi connectivity index (χ0v) is 16.3. The maximum Gasteiger partial charge on any atom is 0.229 e. The number of furan rings is 1. The molecule has 29 heavy (non-hydrogen) atoms. The first-order chi connectivity index (χ1) is 14.1. The van der Waals surface area contributed by atoms with Gasteiger partial charge in [-0.15, -0.1) is 0 Å². The van der Waals surface area contributed by atoms with Crippen LogP contribution in [0.5, 0.6) is 11.5 Å². The van der Waals surface area contributed by atoms with Gasteiger partial charge in [0.1, 0.15) is 11.5 Å². The molecule has 3 aromatic rings. The van der Waals surface area contributed by atoms with Crippen LogP contribution in [-0.2, 0) is 16.1 Å². The minimum atomic E-state index is -0.457. The van der Waals surface area contributed by atoms with Crippen molar-refractivity contribution in [3.63, 3.8) is 0 Å². The van der Waals surface area contributed by atoms with Crippen molar-refractivity contribution in [3.05, 3.63) is 77.7 Å². The highest BCUT2D eigenvalue weighted by molar-refractivity contribution is 6.31. The van der Waals surface area contributed by atoms with E-state index in [1.54, 1.807) is 41.5 Å². The number of para-hydroxylation sites is 1. The summed E-state index contributed by atoms with van der Waals surface area (Å²) in [4.78, 5) is 26.7. The van der Waals surface area contributed by atoms with E-state index in [1.807, 2.05) is 30.3 Å². The van der Waals surface area contributed by atoms with Gasteiger partial charge in [0.25, 0.3) is 0 Å². The summed E-state index contributed by atoms with van der Waals surface area (Å²) in [7, 11) is 0. The van der Waals surface area contributed by atoms with Crippen LogP contribution in [0.2, 0.25) is 5.02 Å². The van der Waals surface area contributed by atoms with Gasteiger partial charge in [-0.3, -0.25) is 9.59 Å². The first-order valence-electron chi connectivity index (χ1n) is 9.22. The molecule has 0 saturated carbocycles. The Hall–Kier alpha value is -3.25. The lowest BCUT2D eigenvalue weighted by atomic mass is 10.1. The highest BCUT2D eigenvalue weighted by atomic mass is 35.5. The fourth-order valence-corrected chi connectivity index (χ4v) is 3.40. The molecule has 2 aromatic carbocycles. The van der Waals surface area contributed by atoms with Crippen molar-refractivity contribution in [2.45, 2.75) is 13.0 Å². The maximum absolute atomic E-state index is 12.8. The van der Waals surface area contributed by atoms with E-state index in [0.29, 0.717) is 41.1 Å². The van der Waals surface area contributed by atoms with Crippen LogP contribution in [0.15, 0.2) is 71.3 Å². The zero-order valence-electron chi connectivity index (χ0n) is 15.5. The van der Waals surface area contributed by atoms with Crippen LogP contribution in [0.3, 0.4) is 0 Å². The lowest BCUT2D eigenvalue weighted by Gasteiger charge is -2.16. The van der Waals surface area contributed by atoms with Gasteiger partial charge in [0.05, 0.1) is 24.4 Å². The van der Waals surface area contributed by atoms with Crippen LogP contribution in [0.1, 0.15) is 12.2 Å². The first-order valence-corrected chi connectivity index (χ1v) is 9.60. The summed E-state index contributed by atoms with van der Waals surface area (Å²) in [6.45, 7) is 0.690. The first kappa shape index (κ1) is 19.1. The monoisotopic (exact) mass is 410 g/mol. The van der Waals surface area contributed by atoms with Crippen LogP contribution < -0.4 is 10.1 Å². The van der Waals surface area contributed by atoms with E-state index in [9.17, 15) is 9.59 Å². The summed E-state index contributed by atoms with van der Waals surface area (Å²) in [5.41, 5.74) is 0.461. The lowest BCUT2D eigenvalue weighted by Crippen LogP contribution is -2.28. The molecule has 6 nitrogen and oxygen atoms in total. The quantitative estimate of drug-likeness (QED) is 0.638. The van der Waals surface area contributed by atoms with Gasteiger partial charge in [-0.1, -0.05) is 29.8 Å². The molecule has 2 heterocycles. The molecule has 0 spiro atoms. The smallest absolute Gasteiger partial charge is 0.229 e. The molecule has 1 aromatic heterocycles. The number of halogens is 1. The summed E-state index contributed by atoms with van der Waals surface area (Å²) < 4.78 is 11.2. The van der Waals surface area contributed by atoms with Gasteiger partial charge in [0, 0.05) is 18.0 Å². The summed E-state index contributed by atoms with van der Waals surface area (Å²) in [6.07, 6.45) is 1.72. The van der Waals surface area contributed by atoms with Gasteiger partial charge in [-0.05, 0) is 42.5 Å².